The maximum atomic E-state index is 12.5. The van der Waals surface area contributed by atoms with Crippen molar-refractivity contribution in [1.29, 1.82) is 0 Å². The molecule has 1 saturated heterocycles. The lowest BCUT2D eigenvalue weighted by atomic mass is 10.1. The number of anilines is 2. The summed E-state index contributed by atoms with van der Waals surface area (Å²) < 4.78 is 22.5. The van der Waals surface area contributed by atoms with Crippen molar-refractivity contribution in [2.45, 2.75) is 18.2 Å². The number of nitrogens with one attached hydrogen (secondary N) is 1. The number of halogens is 1. The molecule has 0 aromatic heterocycles. The lowest BCUT2D eigenvalue weighted by Crippen LogP contribution is -2.28. The van der Waals surface area contributed by atoms with E-state index in [2.05, 4.69) is 5.32 Å². The molecule has 7 nitrogen and oxygen atoms in total. The SMILES string of the molecule is Cc1ccc(N2CC(C(=O)Nc3ccc(S(N)(=O)=O)cc3)CC2=O)cc1Cl. The van der Waals surface area contributed by atoms with Gasteiger partial charge in [0.25, 0.3) is 0 Å². The van der Waals surface area contributed by atoms with E-state index < -0.39 is 15.9 Å². The summed E-state index contributed by atoms with van der Waals surface area (Å²) >= 11 is 6.12. The Balaban J connectivity index is 1.69. The third-order valence-electron chi connectivity index (χ3n) is 4.41. The van der Waals surface area contributed by atoms with Crippen molar-refractivity contribution in [2.24, 2.45) is 11.1 Å². The Kier molecular flexibility index (Phi) is 5.23. The Labute approximate surface area is 162 Å². The Hall–Kier alpha value is -2.42. The van der Waals surface area contributed by atoms with Crippen LogP contribution in [-0.4, -0.2) is 26.8 Å². The molecule has 1 fully saturated rings. The first kappa shape index (κ1) is 19.3. The average Bonchev–Trinajstić information content (AvgIpc) is 2.99. The van der Waals surface area contributed by atoms with Crippen LogP contribution in [0, 0.1) is 12.8 Å². The Morgan fingerprint density at radius 3 is 2.48 bits per heavy atom. The molecule has 1 unspecified atom stereocenters. The van der Waals surface area contributed by atoms with Gasteiger partial charge in [0, 0.05) is 29.4 Å². The highest BCUT2D eigenvalue weighted by atomic mass is 35.5. The molecule has 27 heavy (non-hydrogen) atoms. The first-order chi connectivity index (χ1) is 12.6. The molecule has 0 aliphatic carbocycles. The summed E-state index contributed by atoms with van der Waals surface area (Å²) in [7, 11) is -3.79. The second kappa shape index (κ2) is 7.30. The highest BCUT2D eigenvalue weighted by Gasteiger charge is 2.35. The first-order valence-corrected chi connectivity index (χ1v) is 10.1. The zero-order chi connectivity index (χ0) is 19.8. The standard InChI is InChI=1S/C18H18ClN3O4S/c1-11-2-5-14(9-16(11)19)22-10-12(8-17(22)23)18(24)21-13-3-6-15(7-4-13)27(20,25)26/h2-7,9,12H,8,10H2,1H3,(H,21,24)(H2,20,25,26). The summed E-state index contributed by atoms with van der Waals surface area (Å²) in [4.78, 5) is 26.3. The number of benzene rings is 2. The maximum Gasteiger partial charge on any atom is 0.238 e. The van der Waals surface area contributed by atoms with Crippen LogP contribution in [0.4, 0.5) is 11.4 Å². The average molecular weight is 408 g/mol. The first-order valence-electron chi connectivity index (χ1n) is 8.15. The van der Waals surface area contributed by atoms with Crippen LogP contribution < -0.4 is 15.4 Å². The van der Waals surface area contributed by atoms with Gasteiger partial charge in [0.1, 0.15) is 0 Å². The molecular weight excluding hydrogens is 390 g/mol. The summed E-state index contributed by atoms with van der Waals surface area (Å²) in [6, 6.07) is 10.9. The summed E-state index contributed by atoms with van der Waals surface area (Å²) in [6.45, 7) is 2.12. The molecule has 2 amide bonds. The highest BCUT2D eigenvalue weighted by molar-refractivity contribution is 7.89. The fraction of sp³-hybridized carbons (Fsp3) is 0.222. The van der Waals surface area contributed by atoms with E-state index in [1.807, 2.05) is 13.0 Å². The predicted molar refractivity (Wildman–Crippen MR) is 103 cm³/mol. The number of amides is 2. The lowest BCUT2D eigenvalue weighted by Gasteiger charge is -2.17. The van der Waals surface area contributed by atoms with Gasteiger partial charge in [0.05, 0.1) is 10.8 Å². The van der Waals surface area contributed by atoms with Gasteiger partial charge in [-0.15, -0.1) is 0 Å². The highest BCUT2D eigenvalue weighted by Crippen LogP contribution is 2.29. The van der Waals surface area contributed by atoms with Gasteiger partial charge in [-0.05, 0) is 48.9 Å². The van der Waals surface area contributed by atoms with E-state index in [9.17, 15) is 18.0 Å². The maximum absolute atomic E-state index is 12.5. The molecule has 3 rings (SSSR count). The minimum atomic E-state index is -3.79. The zero-order valence-corrected chi connectivity index (χ0v) is 16.0. The van der Waals surface area contributed by atoms with Crippen LogP contribution in [0.2, 0.25) is 5.02 Å². The van der Waals surface area contributed by atoms with Crippen LogP contribution in [0.5, 0.6) is 0 Å². The third kappa shape index (κ3) is 4.29. The number of hydrogen-bond donors (Lipinski definition) is 2. The molecule has 9 heteroatoms. The number of carbonyl (C=O) groups excluding carboxylic acids is 2. The van der Waals surface area contributed by atoms with Gasteiger partial charge in [0.15, 0.2) is 0 Å². The second-order valence-corrected chi connectivity index (χ2v) is 8.37. The van der Waals surface area contributed by atoms with Crippen LogP contribution in [0.1, 0.15) is 12.0 Å². The number of aryl methyl sites for hydroxylation is 1. The summed E-state index contributed by atoms with van der Waals surface area (Å²) in [5, 5.41) is 8.30. The third-order valence-corrected chi connectivity index (χ3v) is 5.75. The van der Waals surface area contributed by atoms with E-state index in [0.29, 0.717) is 16.4 Å². The molecule has 1 atom stereocenters. The van der Waals surface area contributed by atoms with Crippen molar-refractivity contribution < 1.29 is 18.0 Å². The van der Waals surface area contributed by atoms with E-state index in [-0.39, 0.29) is 29.7 Å². The van der Waals surface area contributed by atoms with Crippen molar-refractivity contribution in [3.63, 3.8) is 0 Å². The van der Waals surface area contributed by atoms with Gasteiger partial charge >= 0.3 is 0 Å². The minimum Gasteiger partial charge on any atom is -0.326 e. The molecule has 0 spiro atoms. The van der Waals surface area contributed by atoms with Gasteiger partial charge in [0.2, 0.25) is 21.8 Å². The van der Waals surface area contributed by atoms with Gasteiger partial charge in [-0.2, -0.15) is 0 Å². The fourth-order valence-electron chi connectivity index (χ4n) is 2.85. The Morgan fingerprint density at radius 1 is 1.22 bits per heavy atom. The Morgan fingerprint density at radius 2 is 1.89 bits per heavy atom. The predicted octanol–water partition coefficient (Wildman–Crippen LogP) is 2.29. The summed E-state index contributed by atoms with van der Waals surface area (Å²) in [5.74, 6) is -0.984. The normalized spacial score (nSPS) is 17.2. The molecule has 0 bridgehead atoms. The number of rotatable bonds is 4. The van der Waals surface area contributed by atoms with E-state index in [1.165, 1.54) is 24.3 Å². The largest absolute Gasteiger partial charge is 0.326 e. The molecule has 3 N–H and O–H groups in total. The smallest absolute Gasteiger partial charge is 0.238 e. The lowest BCUT2D eigenvalue weighted by molar-refractivity contribution is -0.122. The number of nitrogens with zero attached hydrogens (tertiary/aromatic N) is 1. The molecule has 0 radical (unpaired) electrons. The van der Waals surface area contributed by atoms with Crippen molar-refractivity contribution in [1.82, 2.24) is 0 Å². The monoisotopic (exact) mass is 407 g/mol. The van der Waals surface area contributed by atoms with Gasteiger partial charge in [-0.1, -0.05) is 17.7 Å². The van der Waals surface area contributed by atoms with E-state index in [1.54, 1.807) is 17.0 Å². The zero-order valence-electron chi connectivity index (χ0n) is 14.5. The van der Waals surface area contributed by atoms with Crippen molar-refractivity contribution in [3.05, 3.63) is 53.1 Å². The number of sulfonamides is 1. The number of hydrogen-bond acceptors (Lipinski definition) is 4. The molecule has 1 aliphatic rings. The fourth-order valence-corrected chi connectivity index (χ4v) is 3.54. The van der Waals surface area contributed by atoms with E-state index in [0.717, 1.165) is 5.56 Å². The van der Waals surface area contributed by atoms with Crippen LogP contribution >= 0.6 is 11.6 Å². The van der Waals surface area contributed by atoms with Gasteiger partial charge in [-0.25, -0.2) is 13.6 Å². The number of carbonyl (C=O) groups is 2. The molecule has 0 saturated carbocycles. The molecular formula is C18H18ClN3O4S. The van der Waals surface area contributed by atoms with Crippen molar-refractivity contribution in [3.8, 4) is 0 Å². The van der Waals surface area contributed by atoms with E-state index in [4.69, 9.17) is 16.7 Å². The van der Waals surface area contributed by atoms with Gasteiger partial charge in [-0.3, -0.25) is 9.59 Å². The van der Waals surface area contributed by atoms with Crippen LogP contribution in [0.3, 0.4) is 0 Å². The summed E-state index contributed by atoms with van der Waals surface area (Å²) in [5.41, 5.74) is 1.99. The molecule has 1 aliphatic heterocycles. The second-order valence-electron chi connectivity index (χ2n) is 6.40. The van der Waals surface area contributed by atoms with Gasteiger partial charge < -0.3 is 10.2 Å². The Bertz CT molecular complexity index is 1010. The topological polar surface area (TPSA) is 110 Å². The number of primary sulfonamides is 1. The number of nitrogens with two attached hydrogens (primary N) is 1. The molecule has 142 valence electrons. The summed E-state index contributed by atoms with van der Waals surface area (Å²) in [6.07, 6.45) is 0.0899. The quantitative estimate of drug-likeness (QED) is 0.810. The van der Waals surface area contributed by atoms with Crippen LogP contribution in [-0.2, 0) is 19.6 Å². The van der Waals surface area contributed by atoms with E-state index >= 15 is 0 Å². The molecule has 2 aromatic rings. The minimum absolute atomic E-state index is 0.0426. The molecule has 2 aromatic carbocycles. The molecule has 1 heterocycles. The van der Waals surface area contributed by atoms with Crippen molar-refractivity contribution in [2.75, 3.05) is 16.8 Å². The van der Waals surface area contributed by atoms with Crippen molar-refractivity contribution >= 4 is 44.8 Å². The van der Waals surface area contributed by atoms with Crippen LogP contribution in [0.15, 0.2) is 47.4 Å². The van der Waals surface area contributed by atoms with Crippen LogP contribution in [0.25, 0.3) is 0 Å².